The van der Waals surface area contributed by atoms with E-state index in [0.29, 0.717) is 24.9 Å². The molecule has 8 heteroatoms. The zero-order valence-corrected chi connectivity index (χ0v) is 16.0. The average molecular weight is 375 g/mol. The van der Waals surface area contributed by atoms with Crippen LogP contribution >= 0.6 is 11.8 Å². The van der Waals surface area contributed by atoms with Gasteiger partial charge in [0.05, 0.1) is 11.9 Å². The van der Waals surface area contributed by atoms with Gasteiger partial charge in [0.25, 0.3) is 0 Å². The molecular formula is C18H25N5O2S. The molecule has 7 nitrogen and oxygen atoms in total. The highest BCUT2D eigenvalue weighted by molar-refractivity contribution is 7.99. The van der Waals surface area contributed by atoms with Crippen LogP contribution in [0.25, 0.3) is 11.4 Å². The second-order valence-corrected chi connectivity index (χ2v) is 7.50. The SMILES string of the molecule is CC(C)OCCCNC(=O)CSc1nnc(-c2ccncc2)n1C1CC1. The first kappa shape index (κ1) is 18.8. The lowest BCUT2D eigenvalue weighted by Gasteiger charge is -2.09. The third kappa shape index (κ3) is 5.28. The summed E-state index contributed by atoms with van der Waals surface area (Å²) in [6, 6.07) is 4.30. The molecule has 0 atom stereocenters. The number of hydrogen-bond acceptors (Lipinski definition) is 6. The number of rotatable bonds is 10. The van der Waals surface area contributed by atoms with Crippen molar-refractivity contribution in [3.05, 3.63) is 24.5 Å². The highest BCUT2D eigenvalue weighted by atomic mass is 32.2. The first-order valence-electron chi connectivity index (χ1n) is 9.01. The Balaban J connectivity index is 1.52. The molecule has 1 fully saturated rings. The Morgan fingerprint density at radius 3 is 2.81 bits per heavy atom. The molecular weight excluding hydrogens is 350 g/mol. The molecule has 0 aliphatic heterocycles. The summed E-state index contributed by atoms with van der Waals surface area (Å²) < 4.78 is 7.62. The highest BCUT2D eigenvalue weighted by Gasteiger charge is 2.30. The molecule has 0 unspecified atom stereocenters. The summed E-state index contributed by atoms with van der Waals surface area (Å²) in [6.07, 6.45) is 6.82. The minimum absolute atomic E-state index is 0.00959. The van der Waals surface area contributed by atoms with Crippen molar-refractivity contribution in [3.63, 3.8) is 0 Å². The van der Waals surface area contributed by atoms with Gasteiger partial charge in [0, 0.05) is 37.2 Å². The van der Waals surface area contributed by atoms with Crippen molar-refractivity contribution in [1.82, 2.24) is 25.1 Å². The highest BCUT2D eigenvalue weighted by Crippen LogP contribution is 2.40. The fourth-order valence-corrected chi connectivity index (χ4v) is 3.37. The third-order valence-electron chi connectivity index (χ3n) is 3.94. The maximum Gasteiger partial charge on any atom is 0.230 e. The summed E-state index contributed by atoms with van der Waals surface area (Å²) in [5.41, 5.74) is 1.00. The van der Waals surface area contributed by atoms with E-state index < -0.39 is 0 Å². The molecule has 1 amide bonds. The zero-order valence-electron chi connectivity index (χ0n) is 15.2. The molecule has 2 heterocycles. The molecule has 1 saturated carbocycles. The van der Waals surface area contributed by atoms with E-state index in [1.807, 2.05) is 26.0 Å². The van der Waals surface area contributed by atoms with E-state index in [9.17, 15) is 4.79 Å². The molecule has 1 aliphatic carbocycles. The Kier molecular flexibility index (Phi) is 6.62. The van der Waals surface area contributed by atoms with Gasteiger partial charge < -0.3 is 10.1 Å². The van der Waals surface area contributed by atoms with Gasteiger partial charge >= 0.3 is 0 Å². The largest absolute Gasteiger partial charge is 0.379 e. The molecule has 0 bridgehead atoms. The summed E-state index contributed by atoms with van der Waals surface area (Å²) in [7, 11) is 0. The Morgan fingerprint density at radius 1 is 1.35 bits per heavy atom. The molecule has 1 aliphatic rings. The normalized spacial score (nSPS) is 14.0. The summed E-state index contributed by atoms with van der Waals surface area (Å²) in [5.74, 6) is 1.20. The fourth-order valence-electron chi connectivity index (χ4n) is 2.54. The zero-order chi connectivity index (χ0) is 18.4. The Morgan fingerprint density at radius 2 is 2.12 bits per heavy atom. The maximum atomic E-state index is 12.0. The average Bonchev–Trinajstić information content (AvgIpc) is 3.39. The van der Waals surface area contributed by atoms with Gasteiger partial charge in [0.2, 0.25) is 5.91 Å². The van der Waals surface area contributed by atoms with Crippen molar-refractivity contribution in [3.8, 4) is 11.4 Å². The van der Waals surface area contributed by atoms with Gasteiger partial charge in [-0.2, -0.15) is 0 Å². The molecule has 0 spiro atoms. The van der Waals surface area contributed by atoms with Crippen LogP contribution in [0.15, 0.2) is 29.7 Å². The predicted molar refractivity (Wildman–Crippen MR) is 101 cm³/mol. The Bertz CT molecular complexity index is 716. The van der Waals surface area contributed by atoms with Gasteiger partial charge in [0.1, 0.15) is 0 Å². The number of thioether (sulfide) groups is 1. The van der Waals surface area contributed by atoms with Gasteiger partial charge in [-0.25, -0.2) is 0 Å². The first-order valence-corrected chi connectivity index (χ1v) is 10.00. The van der Waals surface area contributed by atoms with E-state index in [-0.39, 0.29) is 12.0 Å². The van der Waals surface area contributed by atoms with Crippen LogP contribution in [0.4, 0.5) is 0 Å². The lowest BCUT2D eigenvalue weighted by Crippen LogP contribution is -2.27. The molecule has 2 aromatic heterocycles. The number of nitrogens with zero attached hydrogens (tertiary/aromatic N) is 4. The fraction of sp³-hybridized carbons (Fsp3) is 0.556. The molecule has 2 aromatic rings. The Labute approximate surface area is 157 Å². The van der Waals surface area contributed by atoms with Gasteiger partial charge in [-0.15, -0.1) is 10.2 Å². The van der Waals surface area contributed by atoms with Gasteiger partial charge in [-0.3, -0.25) is 14.3 Å². The predicted octanol–water partition coefficient (Wildman–Crippen LogP) is 2.70. The third-order valence-corrected chi connectivity index (χ3v) is 4.88. The number of carbonyl (C=O) groups is 1. The lowest BCUT2D eigenvalue weighted by atomic mass is 10.2. The number of pyridine rings is 1. The van der Waals surface area contributed by atoms with E-state index in [0.717, 1.165) is 35.8 Å². The van der Waals surface area contributed by atoms with Crippen molar-refractivity contribution in [2.75, 3.05) is 18.9 Å². The molecule has 3 rings (SSSR count). The van der Waals surface area contributed by atoms with Crippen LogP contribution in [-0.2, 0) is 9.53 Å². The second-order valence-electron chi connectivity index (χ2n) is 6.55. The van der Waals surface area contributed by atoms with Gasteiger partial charge in [-0.1, -0.05) is 11.8 Å². The Hall–Kier alpha value is -1.93. The number of carbonyl (C=O) groups excluding carboxylic acids is 1. The number of ether oxygens (including phenoxy) is 1. The van der Waals surface area contributed by atoms with Crippen LogP contribution < -0.4 is 5.32 Å². The van der Waals surface area contributed by atoms with Gasteiger partial charge in [-0.05, 0) is 45.2 Å². The van der Waals surface area contributed by atoms with Crippen molar-refractivity contribution in [2.45, 2.75) is 50.4 Å². The van der Waals surface area contributed by atoms with Crippen molar-refractivity contribution in [2.24, 2.45) is 0 Å². The quantitative estimate of drug-likeness (QED) is 0.508. The van der Waals surface area contributed by atoms with Crippen molar-refractivity contribution < 1.29 is 9.53 Å². The molecule has 0 saturated heterocycles. The summed E-state index contributed by atoms with van der Waals surface area (Å²) in [6.45, 7) is 5.30. The first-order chi connectivity index (χ1) is 12.6. The van der Waals surface area contributed by atoms with E-state index >= 15 is 0 Å². The summed E-state index contributed by atoms with van der Waals surface area (Å²) in [4.78, 5) is 16.1. The van der Waals surface area contributed by atoms with Crippen LogP contribution in [0.1, 0.15) is 39.2 Å². The van der Waals surface area contributed by atoms with E-state index in [1.54, 1.807) is 12.4 Å². The number of amides is 1. The molecule has 1 N–H and O–H groups in total. The van der Waals surface area contributed by atoms with E-state index in [4.69, 9.17) is 4.74 Å². The second kappa shape index (κ2) is 9.14. The van der Waals surface area contributed by atoms with Crippen LogP contribution in [0.5, 0.6) is 0 Å². The van der Waals surface area contributed by atoms with Gasteiger partial charge in [0.15, 0.2) is 11.0 Å². The minimum atomic E-state index is 0.00959. The lowest BCUT2D eigenvalue weighted by molar-refractivity contribution is -0.118. The minimum Gasteiger partial charge on any atom is -0.379 e. The summed E-state index contributed by atoms with van der Waals surface area (Å²) >= 11 is 1.44. The van der Waals surface area contributed by atoms with E-state index in [1.165, 1.54) is 11.8 Å². The molecule has 0 radical (unpaired) electrons. The standard InChI is InChI=1S/C18H25N5O2S/c1-13(2)25-11-3-8-20-16(24)12-26-18-22-21-17(23(18)15-4-5-15)14-6-9-19-10-7-14/h6-7,9-10,13,15H,3-5,8,11-12H2,1-2H3,(H,20,24). The van der Waals surface area contributed by atoms with Crippen LogP contribution in [0.3, 0.4) is 0 Å². The van der Waals surface area contributed by atoms with Crippen LogP contribution in [0, 0.1) is 0 Å². The number of aromatic nitrogens is 4. The molecule has 140 valence electrons. The smallest absolute Gasteiger partial charge is 0.230 e. The number of nitrogens with one attached hydrogen (secondary N) is 1. The topological polar surface area (TPSA) is 81.9 Å². The maximum absolute atomic E-state index is 12.0. The van der Waals surface area contributed by atoms with Crippen molar-refractivity contribution in [1.29, 1.82) is 0 Å². The molecule has 0 aromatic carbocycles. The van der Waals surface area contributed by atoms with E-state index in [2.05, 4.69) is 25.1 Å². The van der Waals surface area contributed by atoms with Crippen molar-refractivity contribution >= 4 is 17.7 Å². The van der Waals surface area contributed by atoms with Crippen LogP contribution in [0.2, 0.25) is 0 Å². The number of hydrogen-bond donors (Lipinski definition) is 1. The monoisotopic (exact) mass is 375 g/mol. The van der Waals surface area contributed by atoms with Crippen LogP contribution in [-0.4, -0.2) is 50.7 Å². The summed E-state index contributed by atoms with van der Waals surface area (Å²) in [5, 5.41) is 12.4. The molecule has 26 heavy (non-hydrogen) atoms.